The molecule has 12 heavy (non-hydrogen) atoms. The monoisotopic (exact) mass is 180 g/mol. The minimum absolute atomic E-state index is 0.203. The van der Waals surface area contributed by atoms with Gasteiger partial charge in [0.2, 0.25) is 0 Å². The highest BCUT2D eigenvalue weighted by Gasteiger charge is 2.20. The zero-order valence-corrected chi connectivity index (χ0v) is 7.48. The van der Waals surface area contributed by atoms with E-state index in [1.165, 1.54) is 0 Å². The van der Waals surface area contributed by atoms with E-state index in [9.17, 15) is 4.79 Å². The molecule has 0 aromatic heterocycles. The Morgan fingerprint density at radius 3 is 3.08 bits per heavy atom. The van der Waals surface area contributed by atoms with E-state index in [1.807, 2.05) is 12.1 Å². The third-order valence-electron chi connectivity index (χ3n) is 1.85. The van der Waals surface area contributed by atoms with Crippen LogP contribution in [0.3, 0.4) is 0 Å². The lowest BCUT2D eigenvalue weighted by atomic mass is 10.1. The van der Waals surface area contributed by atoms with E-state index < -0.39 is 0 Å². The van der Waals surface area contributed by atoms with E-state index in [-0.39, 0.29) is 5.78 Å². The first-order chi connectivity index (χ1) is 5.81. The standard InChI is InChI=1S/C9H8O2S/c1-11-6-2-3-9-7(4-6)8(10)5-12-9/h2-4H,5H2,1H3. The molecule has 1 aromatic rings. The van der Waals surface area contributed by atoms with Crippen molar-refractivity contribution in [2.24, 2.45) is 0 Å². The van der Waals surface area contributed by atoms with Gasteiger partial charge in [-0.1, -0.05) is 0 Å². The summed E-state index contributed by atoms with van der Waals surface area (Å²) in [5.74, 6) is 1.53. The van der Waals surface area contributed by atoms with Gasteiger partial charge in [-0.25, -0.2) is 0 Å². The number of carbonyl (C=O) groups is 1. The Hall–Kier alpha value is -0.960. The van der Waals surface area contributed by atoms with Gasteiger partial charge in [-0.3, -0.25) is 4.79 Å². The summed E-state index contributed by atoms with van der Waals surface area (Å²) in [7, 11) is 1.61. The third kappa shape index (κ3) is 1.10. The number of thioether (sulfide) groups is 1. The van der Waals surface area contributed by atoms with Crippen molar-refractivity contribution in [3.63, 3.8) is 0 Å². The molecule has 1 heterocycles. The number of ketones is 1. The Balaban J connectivity index is 2.50. The van der Waals surface area contributed by atoms with Gasteiger partial charge in [0, 0.05) is 10.5 Å². The highest BCUT2D eigenvalue weighted by atomic mass is 32.2. The number of Topliss-reactive ketones (excluding diaryl/α,β-unsaturated/α-hetero) is 1. The van der Waals surface area contributed by atoms with Gasteiger partial charge in [0.25, 0.3) is 0 Å². The summed E-state index contributed by atoms with van der Waals surface area (Å²) in [6.07, 6.45) is 0. The largest absolute Gasteiger partial charge is 0.497 e. The van der Waals surface area contributed by atoms with Gasteiger partial charge in [-0.15, -0.1) is 11.8 Å². The van der Waals surface area contributed by atoms with E-state index in [1.54, 1.807) is 24.9 Å². The van der Waals surface area contributed by atoms with Crippen LogP contribution >= 0.6 is 11.8 Å². The van der Waals surface area contributed by atoms with Crippen LogP contribution in [0.25, 0.3) is 0 Å². The van der Waals surface area contributed by atoms with Crippen LogP contribution in [0.2, 0.25) is 0 Å². The molecule has 1 aliphatic heterocycles. The number of hydrogen-bond donors (Lipinski definition) is 0. The molecule has 0 aliphatic carbocycles. The molecule has 62 valence electrons. The molecule has 1 aliphatic rings. The van der Waals surface area contributed by atoms with E-state index >= 15 is 0 Å². The first kappa shape index (κ1) is 7.68. The fraction of sp³-hybridized carbons (Fsp3) is 0.222. The summed E-state index contributed by atoms with van der Waals surface area (Å²) in [6, 6.07) is 5.62. The minimum atomic E-state index is 0.203. The Morgan fingerprint density at radius 2 is 2.33 bits per heavy atom. The number of rotatable bonds is 1. The van der Waals surface area contributed by atoms with Crippen molar-refractivity contribution in [1.82, 2.24) is 0 Å². The average molecular weight is 180 g/mol. The molecule has 3 heteroatoms. The van der Waals surface area contributed by atoms with Crippen molar-refractivity contribution in [2.45, 2.75) is 4.90 Å². The normalized spacial score (nSPS) is 14.6. The molecular weight excluding hydrogens is 172 g/mol. The molecule has 0 fully saturated rings. The highest BCUT2D eigenvalue weighted by molar-refractivity contribution is 8.00. The first-order valence-electron chi connectivity index (χ1n) is 3.65. The number of benzene rings is 1. The van der Waals surface area contributed by atoms with Crippen LogP contribution in [0, 0.1) is 0 Å². The predicted octanol–water partition coefficient (Wildman–Crippen LogP) is 1.98. The Bertz CT molecular complexity index is 333. The second kappa shape index (κ2) is 2.83. The van der Waals surface area contributed by atoms with E-state index in [0.717, 1.165) is 16.2 Å². The molecule has 0 atom stereocenters. The van der Waals surface area contributed by atoms with Crippen LogP contribution in [0.4, 0.5) is 0 Å². The molecule has 0 unspecified atom stereocenters. The quantitative estimate of drug-likeness (QED) is 0.661. The first-order valence-corrected chi connectivity index (χ1v) is 4.64. The predicted molar refractivity (Wildman–Crippen MR) is 48.0 cm³/mol. The Kier molecular flexibility index (Phi) is 1.81. The maximum atomic E-state index is 11.3. The molecule has 0 amide bonds. The molecule has 0 N–H and O–H groups in total. The summed E-state index contributed by atoms with van der Waals surface area (Å²) >= 11 is 1.59. The van der Waals surface area contributed by atoms with Crippen molar-refractivity contribution in [1.29, 1.82) is 0 Å². The highest BCUT2D eigenvalue weighted by Crippen LogP contribution is 2.33. The second-order valence-electron chi connectivity index (χ2n) is 2.57. The van der Waals surface area contributed by atoms with Gasteiger partial charge >= 0.3 is 0 Å². The average Bonchev–Trinajstić information content (AvgIpc) is 2.47. The van der Waals surface area contributed by atoms with Crippen LogP contribution in [0.15, 0.2) is 23.1 Å². The number of ether oxygens (including phenoxy) is 1. The third-order valence-corrected chi connectivity index (χ3v) is 2.92. The van der Waals surface area contributed by atoms with Gasteiger partial charge in [0.1, 0.15) is 5.75 Å². The van der Waals surface area contributed by atoms with Crippen LogP contribution in [-0.2, 0) is 0 Å². The zero-order valence-electron chi connectivity index (χ0n) is 6.66. The van der Waals surface area contributed by atoms with Gasteiger partial charge in [0.15, 0.2) is 5.78 Å². The van der Waals surface area contributed by atoms with Crippen LogP contribution in [-0.4, -0.2) is 18.6 Å². The fourth-order valence-electron chi connectivity index (χ4n) is 1.20. The van der Waals surface area contributed by atoms with Gasteiger partial charge in [-0.05, 0) is 18.2 Å². The van der Waals surface area contributed by atoms with Crippen molar-refractivity contribution in [3.05, 3.63) is 23.8 Å². The Labute approximate surface area is 74.9 Å². The number of fused-ring (bicyclic) bond motifs is 1. The maximum absolute atomic E-state index is 11.3. The second-order valence-corrected chi connectivity index (χ2v) is 3.59. The molecule has 0 spiro atoms. The van der Waals surface area contributed by atoms with E-state index in [0.29, 0.717) is 5.75 Å². The van der Waals surface area contributed by atoms with Crippen molar-refractivity contribution in [2.75, 3.05) is 12.9 Å². The lowest BCUT2D eigenvalue weighted by Gasteiger charge is -2.00. The van der Waals surface area contributed by atoms with E-state index in [4.69, 9.17) is 4.74 Å². The van der Waals surface area contributed by atoms with Crippen molar-refractivity contribution >= 4 is 17.5 Å². The van der Waals surface area contributed by atoms with Gasteiger partial charge < -0.3 is 4.74 Å². The summed E-state index contributed by atoms with van der Waals surface area (Å²) < 4.78 is 5.03. The topological polar surface area (TPSA) is 26.3 Å². The summed E-state index contributed by atoms with van der Waals surface area (Å²) in [4.78, 5) is 12.3. The molecule has 1 aromatic carbocycles. The maximum Gasteiger partial charge on any atom is 0.174 e. The molecule has 2 nitrogen and oxygen atoms in total. The molecule has 2 rings (SSSR count). The summed E-state index contributed by atoms with van der Waals surface area (Å²) in [5, 5.41) is 0. The van der Waals surface area contributed by atoms with Crippen molar-refractivity contribution in [3.8, 4) is 5.75 Å². The van der Waals surface area contributed by atoms with Crippen LogP contribution in [0.5, 0.6) is 5.75 Å². The molecule has 0 radical (unpaired) electrons. The SMILES string of the molecule is COc1ccc2c(c1)C(=O)CS2. The summed E-state index contributed by atoms with van der Waals surface area (Å²) in [6.45, 7) is 0. The molecule has 0 saturated carbocycles. The van der Waals surface area contributed by atoms with Crippen LogP contribution in [0.1, 0.15) is 10.4 Å². The minimum Gasteiger partial charge on any atom is -0.497 e. The smallest absolute Gasteiger partial charge is 0.174 e. The number of hydrogen-bond acceptors (Lipinski definition) is 3. The summed E-state index contributed by atoms with van der Waals surface area (Å²) in [5.41, 5.74) is 0.805. The van der Waals surface area contributed by atoms with Crippen LogP contribution < -0.4 is 4.74 Å². The van der Waals surface area contributed by atoms with Gasteiger partial charge in [-0.2, -0.15) is 0 Å². The Morgan fingerprint density at radius 1 is 1.50 bits per heavy atom. The van der Waals surface area contributed by atoms with E-state index in [2.05, 4.69) is 0 Å². The number of carbonyl (C=O) groups excluding carboxylic acids is 1. The molecular formula is C9H8O2S. The lowest BCUT2D eigenvalue weighted by molar-refractivity contribution is 0.102. The fourth-order valence-corrected chi connectivity index (χ4v) is 2.14. The number of methoxy groups -OCH3 is 1. The lowest BCUT2D eigenvalue weighted by Crippen LogP contribution is -1.95. The zero-order chi connectivity index (χ0) is 8.55. The van der Waals surface area contributed by atoms with Crippen molar-refractivity contribution < 1.29 is 9.53 Å². The molecule has 0 bridgehead atoms. The molecule has 0 saturated heterocycles. The van der Waals surface area contributed by atoms with Gasteiger partial charge in [0.05, 0.1) is 12.9 Å².